The molecule has 0 aromatic heterocycles. The fraction of sp³-hybridized carbons (Fsp3) is 0.533. The lowest BCUT2D eigenvalue weighted by Gasteiger charge is -2.14. The van der Waals surface area contributed by atoms with Crippen LogP contribution >= 0.6 is 0 Å². The van der Waals surface area contributed by atoms with Crippen LogP contribution in [0.1, 0.15) is 19.3 Å². The smallest absolute Gasteiger partial charge is 0.238 e. The maximum absolute atomic E-state index is 11.8. The Hall–Kier alpha value is -1.59. The van der Waals surface area contributed by atoms with Gasteiger partial charge in [-0.25, -0.2) is 0 Å². The lowest BCUT2D eigenvalue weighted by molar-refractivity contribution is -0.115. The summed E-state index contributed by atoms with van der Waals surface area (Å²) in [5.41, 5.74) is 0.990. The fourth-order valence-electron chi connectivity index (χ4n) is 2.25. The molecule has 1 amide bonds. The van der Waals surface area contributed by atoms with E-state index < -0.39 is 0 Å². The molecule has 110 valence electrons. The summed E-state index contributed by atoms with van der Waals surface area (Å²) in [5.74, 6) is 0.704. The molecule has 1 aliphatic rings. The molecule has 0 radical (unpaired) electrons. The van der Waals surface area contributed by atoms with Crippen LogP contribution < -0.4 is 15.4 Å². The molecule has 1 aliphatic carbocycles. The van der Waals surface area contributed by atoms with Gasteiger partial charge in [0.25, 0.3) is 0 Å². The largest absolute Gasteiger partial charge is 0.497 e. The third kappa shape index (κ3) is 4.21. The first-order valence-corrected chi connectivity index (χ1v) is 6.93. The SMILES string of the molecule is COc1ccc(NC(=O)CNCC2(CCO)CC2)cc1. The second-order valence-electron chi connectivity index (χ2n) is 5.35. The molecule has 0 atom stereocenters. The van der Waals surface area contributed by atoms with Gasteiger partial charge in [-0.1, -0.05) is 0 Å². The molecule has 5 nitrogen and oxygen atoms in total. The van der Waals surface area contributed by atoms with Gasteiger partial charge in [0, 0.05) is 18.8 Å². The molecular formula is C15H22N2O3. The van der Waals surface area contributed by atoms with Crippen LogP contribution in [0.2, 0.25) is 0 Å². The zero-order valence-corrected chi connectivity index (χ0v) is 11.8. The van der Waals surface area contributed by atoms with Gasteiger partial charge in [0.2, 0.25) is 5.91 Å². The Morgan fingerprint density at radius 2 is 2.05 bits per heavy atom. The third-order valence-corrected chi connectivity index (χ3v) is 3.76. The first-order chi connectivity index (χ1) is 9.67. The van der Waals surface area contributed by atoms with E-state index in [-0.39, 0.29) is 17.9 Å². The molecule has 0 aliphatic heterocycles. The summed E-state index contributed by atoms with van der Waals surface area (Å²) in [5, 5.41) is 15.0. The van der Waals surface area contributed by atoms with Crippen LogP contribution in [-0.4, -0.2) is 37.8 Å². The average molecular weight is 278 g/mol. The molecule has 2 rings (SSSR count). The van der Waals surface area contributed by atoms with Gasteiger partial charge in [0.1, 0.15) is 5.75 Å². The average Bonchev–Trinajstić information content (AvgIpc) is 3.20. The number of hydrogen-bond donors (Lipinski definition) is 3. The zero-order chi connectivity index (χ0) is 14.4. The van der Waals surface area contributed by atoms with E-state index >= 15 is 0 Å². The summed E-state index contributed by atoms with van der Waals surface area (Å²) in [6.07, 6.45) is 3.10. The van der Waals surface area contributed by atoms with E-state index in [9.17, 15) is 4.79 Å². The summed E-state index contributed by atoms with van der Waals surface area (Å²) in [6.45, 7) is 1.31. The number of benzene rings is 1. The molecule has 0 unspecified atom stereocenters. The van der Waals surface area contributed by atoms with E-state index in [1.165, 1.54) is 0 Å². The highest BCUT2D eigenvalue weighted by Crippen LogP contribution is 2.47. The number of carbonyl (C=O) groups excluding carboxylic acids is 1. The summed E-state index contributed by atoms with van der Waals surface area (Å²) in [4.78, 5) is 11.8. The van der Waals surface area contributed by atoms with E-state index in [0.29, 0.717) is 6.54 Å². The highest BCUT2D eigenvalue weighted by atomic mass is 16.5. The molecule has 0 heterocycles. The van der Waals surface area contributed by atoms with Gasteiger partial charge >= 0.3 is 0 Å². The number of methoxy groups -OCH3 is 1. The van der Waals surface area contributed by atoms with Crippen LogP contribution in [0.4, 0.5) is 5.69 Å². The Morgan fingerprint density at radius 3 is 2.60 bits per heavy atom. The van der Waals surface area contributed by atoms with E-state index in [2.05, 4.69) is 10.6 Å². The van der Waals surface area contributed by atoms with Crippen molar-refractivity contribution in [3.05, 3.63) is 24.3 Å². The van der Waals surface area contributed by atoms with Crippen molar-refractivity contribution < 1.29 is 14.6 Å². The van der Waals surface area contributed by atoms with E-state index in [1.807, 2.05) is 24.3 Å². The molecule has 1 fully saturated rings. The molecular weight excluding hydrogens is 256 g/mol. The van der Waals surface area contributed by atoms with Crippen LogP contribution in [0.15, 0.2) is 24.3 Å². The van der Waals surface area contributed by atoms with Gasteiger partial charge in [-0.2, -0.15) is 0 Å². The van der Waals surface area contributed by atoms with Crippen LogP contribution in [0.3, 0.4) is 0 Å². The third-order valence-electron chi connectivity index (χ3n) is 3.76. The maximum Gasteiger partial charge on any atom is 0.238 e. The summed E-state index contributed by atoms with van der Waals surface area (Å²) in [6, 6.07) is 7.24. The molecule has 0 saturated heterocycles. The van der Waals surface area contributed by atoms with Crippen molar-refractivity contribution in [3.63, 3.8) is 0 Å². The molecule has 0 spiro atoms. The second-order valence-corrected chi connectivity index (χ2v) is 5.35. The van der Waals surface area contributed by atoms with Crippen molar-refractivity contribution in [3.8, 4) is 5.75 Å². The first kappa shape index (κ1) is 14.8. The number of anilines is 1. The number of amides is 1. The minimum absolute atomic E-state index is 0.0602. The van der Waals surface area contributed by atoms with Gasteiger partial charge in [-0.15, -0.1) is 0 Å². The normalized spacial score (nSPS) is 15.7. The predicted octanol–water partition coefficient (Wildman–Crippen LogP) is 1.39. The van der Waals surface area contributed by atoms with E-state index in [1.54, 1.807) is 7.11 Å². The molecule has 1 saturated carbocycles. The Labute approximate surface area is 119 Å². The number of aliphatic hydroxyl groups excluding tert-OH is 1. The standard InChI is InChI=1S/C15H22N2O3/c1-20-13-4-2-12(3-5-13)17-14(19)10-16-11-15(6-7-15)8-9-18/h2-5,16,18H,6-11H2,1H3,(H,17,19). The Morgan fingerprint density at radius 1 is 1.35 bits per heavy atom. The first-order valence-electron chi connectivity index (χ1n) is 6.93. The number of nitrogens with one attached hydrogen (secondary N) is 2. The maximum atomic E-state index is 11.8. The van der Waals surface area contributed by atoms with E-state index in [0.717, 1.165) is 37.2 Å². The topological polar surface area (TPSA) is 70.6 Å². The molecule has 20 heavy (non-hydrogen) atoms. The quantitative estimate of drug-likeness (QED) is 0.672. The van der Waals surface area contributed by atoms with Crippen LogP contribution in [0.5, 0.6) is 5.75 Å². The van der Waals surface area contributed by atoms with Crippen LogP contribution in [0.25, 0.3) is 0 Å². The lowest BCUT2D eigenvalue weighted by Crippen LogP contribution is -2.32. The minimum Gasteiger partial charge on any atom is -0.497 e. The van der Waals surface area contributed by atoms with Gasteiger partial charge < -0.3 is 20.5 Å². The van der Waals surface area contributed by atoms with E-state index in [4.69, 9.17) is 9.84 Å². The molecule has 1 aromatic rings. The number of aliphatic hydroxyl groups is 1. The highest BCUT2D eigenvalue weighted by molar-refractivity contribution is 5.92. The van der Waals surface area contributed by atoms with Gasteiger partial charge in [0.15, 0.2) is 0 Å². The van der Waals surface area contributed by atoms with Crippen LogP contribution in [-0.2, 0) is 4.79 Å². The van der Waals surface area contributed by atoms with Crippen molar-refractivity contribution in [2.75, 3.05) is 32.1 Å². The predicted molar refractivity (Wildman–Crippen MR) is 77.9 cm³/mol. The van der Waals surface area contributed by atoms with Crippen molar-refractivity contribution in [2.45, 2.75) is 19.3 Å². The van der Waals surface area contributed by atoms with Gasteiger partial charge in [-0.3, -0.25) is 4.79 Å². The number of ether oxygens (including phenoxy) is 1. The second kappa shape index (κ2) is 6.72. The van der Waals surface area contributed by atoms with Crippen molar-refractivity contribution in [2.24, 2.45) is 5.41 Å². The molecule has 0 bridgehead atoms. The summed E-state index contributed by atoms with van der Waals surface area (Å²) in [7, 11) is 1.61. The summed E-state index contributed by atoms with van der Waals surface area (Å²) >= 11 is 0. The minimum atomic E-state index is -0.0602. The number of rotatable bonds is 8. The summed E-state index contributed by atoms with van der Waals surface area (Å²) < 4.78 is 5.06. The molecule has 3 N–H and O–H groups in total. The van der Waals surface area contributed by atoms with Crippen molar-refractivity contribution in [1.82, 2.24) is 5.32 Å². The fourth-order valence-corrected chi connectivity index (χ4v) is 2.25. The van der Waals surface area contributed by atoms with Gasteiger partial charge in [0.05, 0.1) is 13.7 Å². The monoisotopic (exact) mass is 278 g/mol. The Balaban J connectivity index is 1.69. The number of hydrogen-bond acceptors (Lipinski definition) is 4. The Kier molecular flexibility index (Phi) is 4.98. The zero-order valence-electron chi connectivity index (χ0n) is 11.8. The number of carbonyl (C=O) groups is 1. The van der Waals surface area contributed by atoms with Gasteiger partial charge in [-0.05, 0) is 48.9 Å². The lowest BCUT2D eigenvalue weighted by atomic mass is 10.0. The molecule has 1 aromatic carbocycles. The van der Waals surface area contributed by atoms with Crippen molar-refractivity contribution in [1.29, 1.82) is 0 Å². The molecule has 5 heteroatoms. The van der Waals surface area contributed by atoms with Crippen molar-refractivity contribution >= 4 is 11.6 Å². The Bertz CT molecular complexity index is 441. The highest BCUT2D eigenvalue weighted by Gasteiger charge is 2.41. The van der Waals surface area contributed by atoms with Crippen LogP contribution in [0, 0.1) is 5.41 Å².